The Kier molecular flexibility index (Phi) is 4.32. The van der Waals surface area contributed by atoms with Gasteiger partial charge in [0.15, 0.2) is 0 Å². The number of hydrogen-bond acceptors (Lipinski definition) is 3. The lowest BCUT2D eigenvalue weighted by molar-refractivity contribution is -0.112. The number of piperidine rings is 1. The second-order valence-corrected chi connectivity index (χ2v) is 5.12. The molecule has 0 unspecified atom stereocenters. The van der Waals surface area contributed by atoms with Crippen LogP contribution in [0.2, 0.25) is 0 Å². The van der Waals surface area contributed by atoms with Crippen LogP contribution in [0.4, 0.5) is 4.79 Å². The minimum atomic E-state index is -0.640. The Bertz CT molecular complexity index is 315. The van der Waals surface area contributed by atoms with Gasteiger partial charge in [-0.2, -0.15) is 0 Å². The van der Waals surface area contributed by atoms with E-state index in [0.29, 0.717) is 13.1 Å². The fraction of sp³-hybridized carbons (Fsp3) is 0.692. The molecule has 1 saturated heterocycles. The second-order valence-electron chi connectivity index (χ2n) is 5.12. The van der Waals surface area contributed by atoms with Crippen molar-refractivity contribution >= 4 is 12.4 Å². The van der Waals surface area contributed by atoms with Crippen LogP contribution in [-0.2, 0) is 9.53 Å². The molecule has 1 heterocycles. The van der Waals surface area contributed by atoms with E-state index >= 15 is 0 Å². The number of ether oxygens (including phenoxy) is 1. The lowest BCUT2D eigenvalue weighted by atomic mass is 9.99. The highest BCUT2D eigenvalue weighted by Crippen LogP contribution is 2.22. The van der Waals surface area contributed by atoms with E-state index in [2.05, 4.69) is 6.58 Å². The van der Waals surface area contributed by atoms with Gasteiger partial charge in [-0.1, -0.05) is 6.58 Å². The zero-order valence-electron chi connectivity index (χ0n) is 10.9. The number of hydrogen-bond donors (Lipinski definition) is 0. The first-order chi connectivity index (χ1) is 7.86. The van der Waals surface area contributed by atoms with Crippen molar-refractivity contribution in [3.63, 3.8) is 0 Å². The van der Waals surface area contributed by atoms with Crippen LogP contribution in [0.5, 0.6) is 0 Å². The third-order valence-corrected chi connectivity index (χ3v) is 3.36. The van der Waals surface area contributed by atoms with Gasteiger partial charge >= 0.3 is 6.09 Å². The van der Waals surface area contributed by atoms with Crippen LogP contribution in [-0.4, -0.2) is 36.0 Å². The Morgan fingerprint density at radius 2 is 1.94 bits per heavy atom. The molecule has 4 heteroatoms. The Balaban J connectivity index is 2.50. The zero-order valence-corrected chi connectivity index (χ0v) is 10.9. The van der Waals surface area contributed by atoms with Gasteiger partial charge in [0, 0.05) is 19.0 Å². The van der Waals surface area contributed by atoms with Crippen LogP contribution >= 0.6 is 0 Å². The number of likely N-dealkylation sites (tertiary alicyclic amines) is 1. The summed E-state index contributed by atoms with van der Waals surface area (Å²) in [5, 5.41) is 0. The van der Waals surface area contributed by atoms with Gasteiger partial charge in [-0.25, -0.2) is 4.79 Å². The SMILES string of the molecule is C=C(C)C(C)(C)OC(=O)N1CCC(C=O)CC1. The van der Waals surface area contributed by atoms with E-state index in [4.69, 9.17) is 4.74 Å². The van der Waals surface area contributed by atoms with Crippen LogP contribution in [0.15, 0.2) is 12.2 Å². The Hall–Kier alpha value is -1.32. The number of carbonyl (C=O) groups is 2. The maximum Gasteiger partial charge on any atom is 0.410 e. The van der Waals surface area contributed by atoms with Crippen LogP contribution in [0, 0.1) is 5.92 Å². The standard InChI is InChI=1S/C13H21NO3/c1-10(2)13(3,4)17-12(16)14-7-5-11(9-15)6-8-14/h9,11H,1,5-8H2,2-4H3. The van der Waals surface area contributed by atoms with Crippen LogP contribution < -0.4 is 0 Å². The molecule has 0 bridgehead atoms. The second kappa shape index (κ2) is 5.34. The predicted molar refractivity (Wildman–Crippen MR) is 65.7 cm³/mol. The van der Waals surface area contributed by atoms with Crippen molar-refractivity contribution in [2.24, 2.45) is 5.92 Å². The lowest BCUT2D eigenvalue weighted by Gasteiger charge is -2.33. The molecule has 0 radical (unpaired) electrons. The summed E-state index contributed by atoms with van der Waals surface area (Å²) in [6.45, 7) is 10.5. The Morgan fingerprint density at radius 3 is 2.35 bits per heavy atom. The maximum absolute atomic E-state index is 11.9. The van der Waals surface area contributed by atoms with E-state index in [1.54, 1.807) is 4.90 Å². The summed E-state index contributed by atoms with van der Waals surface area (Å²) in [5.74, 6) is 0.0909. The molecule has 0 N–H and O–H groups in total. The maximum atomic E-state index is 11.9. The van der Waals surface area contributed by atoms with E-state index in [1.165, 1.54) is 0 Å². The highest BCUT2D eigenvalue weighted by molar-refractivity contribution is 5.69. The van der Waals surface area contributed by atoms with Gasteiger partial charge in [0.05, 0.1) is 0 Å². The third-order valence-electron chi connectivity index (χ3n) is 3.36. The Labute approximate surface area is 103 Å². The van der Waals surface area contributed by atoms with Gasteiger partial charge in [-0.05, 0) is 39.2 Å². The summed E-state index contributed by atoms with van der Waals surface area (Å²) in [6.07, 6.45) is 2.11. The monoisotopic (exact) mass is 239 g/mol. The molecule has 4 nitrogen and oxygen atoms in total. The summed E-state index contributed by atoms with van der Waals surface area (Å²) in [4.78, 5) is 24.2. The summed E-state index contributed by atoms with van der Waals surface area (Å²) in [7, 11) is 0. The fourth-order valence-electron chi connectivity index (χ4n) is 1.59. The first-order valence-corrected chi connectivity index (χ1v) is 5.96. The topological polar surface area (TPSA) is 46.6 Å². The van der Waals surface area contributed by atoms with Crippen molar-refractivity contribution in [2.75, 3.05) is 13.1 Å². The Morgan fingerprint density at radius 1 is 1.41 bits per heavy atom. The third kappa shape index (κ3) is 3.58. The summed E-state index contributed by atoms with van der Waals surface area (Å²) >= 11 is 0. The normalized spacial score (nSPS) is 17.7. The molecule has 0 aromatic heterocycles. The number of carbonyl (C=O) groups excluding carboxylic acids is 2. The molecule has 1 fully saturated rings. The largest absolute Gasteiger partial charge is 0.439 e. The highest BCUT2D eigenvalue weighted by atomic mass is 16.6. The molecule has 0 aromatic rings. The minimum Gasteiger partial charge on any atom is -0.439 e. The smallest absolute Gasteiger partial charge is 0.410 e. The average Bonchev–Trinajstić information content (AvgIpc) is 2.28. The molecule has 1 amide bonds. The highest BCUT2D eigenvalue weighted by Gasteiger charge is 2.29. The van der Waals surface area contributed by atoms with Crippen LogP contribution in [0.25, 0.3) is 0 Å². The van der Waals surface area contributed by atoms with Crippen molar-refractivity contribution in [3.8, 4) is 0 Å². The molecule has 0 spiro atoms. The van der Waals surface area contributed by atoms with E-state index in [-0.39, 0.29) is 12.0 Å². The molecular weight excluding hydrogens is 218 g/mol. The molecule has 1 aliphatic rings. The number of amides is 1. The summed E-state index contributed by atoms with van der Waals surface area (Å²) in [6, 6.07) is 0. The molecule has 96 valence electrons. The van der Waals surface area contributed by atoms with Gasteiger partial charge in [-0.15, -0.1) is 0 Å². The van der Waals surface area contributed by atoms with Crippen molar-refractivity contribution < 1.29 is 14.3 Å². The zero-order chi connectivity index (χ0) is 13.1. The predicted octanol–water partition coefficient (Wildman–Crippen LogP) is 2.39. The molecule has 0 aliphatic carbocycles. The molecule has 17 heavy (non-hydrogen) atoms. The molecule has 0 aromatic carbocycles. The van der Waals surface area contributed by atoms with Crippen molar-refractivity contribution in [2.45, 2.75) is 39.2 Å². The van der Waals surface area contributed by atoms with Crippen molar-refractivity contribution in [3.05, 3.63) is 12.2 Å². The van der Waals surface area contributed by atoms with E-state index in [9.17, 15) is 9.59 Å². The van der Waals surface area contributed by atoms with Gasteiger partial charge in [0.25, 0.3) is 0 Å². The molecule has 1 aliphatic heterocycles. The number of aldehydes is 1. The van der Waals surface area contributed by atoms with Crippen molar-refractivity contribution in [1.82, 2.24) is 4.90 Å². The molecule has 0 saturated carbocycles. The molecular formula is C13H21NO3. The molecule has 0 atom stereocenters. The summed E-state index contributed by atoms with van der Waals surface area (Å²) in [5.41, 5.74) is 0.173. The van der Waals surface area contributed by atoms with Crippen molar-refractivity contribution in [1.29, 1.82) is 0 Å². The quantitative estimate of drug-likeness (QED) is 0.561. The van der Waals surface area contributed by atoms with Crippen LogP contribution in [0.1, 0.15) is 33.6 Å². The molecule has 1 rings (SSSR count). The number of nitrogens with zero attached hydrogens (tertiary/aromatic N) is 1. The average molecular weight is 239 g/mol. The van der Waals surface area contributed by atoms with Gasteiger partial charge in [0.2, 0.25) is 0 Å². The van der Waals surface area contributed by atoms with E-state index in [0.717, 1.165) is 24.7 Å². The van der Waals surface area contributed by atoms with Gasteiger partial charge < -0.3 is 14.4 Å². The first-order valence-electron chi connectivity index (χ1n) is 5.96. The fourth-order valence-corrected chi connectivity index (χ4v) is 1.59. The number of rotatable bonds is 3. The first kappa shape index (κ1) is 13.7. The lowest BCUT2D eigenvalue weighted by Crippen LogP contribution is -2.42. The van der Waals surface area contributed by atoms with Crippen LogP contribution in [0.3, 0.4) is 0 Å². The van der Waals surface area contributed by atoms with Gasteiger partial charge in [-0.3, -0.25) is 0 Å². The summed E-state index contributed by atoms with van der Waals surface area (Å²) < 4.78 is 5.41. The van der Waals surface area contributed by atoms with E-state index in [1.807, 2.05) is 20.8 Å². The van der Waals surface area contributed by atoms with Gasteiger partial charge in [0.1, 0.15) is 11.9 Å². The van der Waals surface area contributed by atoms with E-state index < -0.39 is 5.60 Å². The minimum absolute atomic E-state index is 0.0909.